The third-order valence-corrected chi connectivity index (χ3v) is 6.43. The number of carbonyl (C=O) groups excluding carboxylic acids is 2. The molecule has 0 bridgehead atoms. The number of carbonyl (C=O) groups is 2. The Morgan fingerprint density at radius 2 is 1.69 bits per heavy atom. The second-order valence-electron chi connectivity index (χ2n) is 7.75. The third-order valence-electron chi connectivity index (χ3n) is 5.31. The molecule has 3 aromatic rings. The monoisotopic (exact) mass is 615 g/mol. The van der Waals surface area contributed by atoms with Crippen molar-refractivity contribution in [2.45, 2.75) is 13.2 Å². The van der Waals surface area contributed by atoms with Gasteiger partial charge in [0, 0.05) is 16.6 Å². The summed E-state index contributed by atoms with van der Waals surface area (Å²) in [7, 11) is 1.49. The highest BCUT2D eigenvalue weighted by molar-refractivity contribution is 9.10. The summed E-state index contributed by atoms with van der Waals surface area (Å²) < 4.78 is 12.8. The van der Waals surface area contributed by atoms with Gasteiger partial charge in [0.2, 0.25) is 0 Å². The lowest BCUT2D eigenvalue weighted by atomic mass is 10.1. The van der Waals surface area contributed by atoms with Crippen molar-refractivity contribution in [3.63, 3.8) is 0 Å². The van der Waals surface area contributed by atoms with Crippen molar-refractivity contribution < 1.29 is 24.0 Å². The van der Waals surface area contributed by atoms with Crippen LogP contribution in [0, 0.1) is 10.1 Å². The fourth-order valence-corrected chi connectivity index (χ4v) is 4.33. The minimum atomic E-state index is -0.497. The summed E-state index contributed by atoms with van der Waals surface area (Å²) in [5, 5.41) is 13.4. The number of urea groups is 1. The second kappa shape index (κ2) is 10.9. The van der Waals surface area contributed by atoms with Gasteiger partial charge in [0.25, 0.3) is 11.6 Å². The molecule has 4 rings (SSSR count). The number of hydrogen-bond acceptors (Lipinski definition) is 6. The number of hydrogen-bond donors (Lipinski definition) is 1. The lowest BCUT2D eigenvalue weighted by Crippen LogP contribution is -2.30. The van der Waals surface area contributed by atoms with Crippen molar-refractivity contribution >= 4 is 55.6 Å². The average molecular weight is 617 g/mol. The van der Waals surface area contributed by atoms with Crippen LogP contribution in [0.4, 0.5) is 10.5 Å². The summed E-state index contributed by atoms with van der Waals surface area (Å²) in [6.45, 7) is 0.310. The molecule has 0 saturated carbocycles. The van der Waals surface area contributed by atoms with E-state index in [2.05, 4.69) is 37.2 Å². The van der Waals surface area contributed by atoms with E-state index in [9.17, 15) is 19.7 Å². The van der Waals surface area contributed by atoms with E-state index in [-0.39, 0.29) is 24.5 Å². The minimum Gasteiger partial charge on any atom is -0.493 e. The van der Waals surface area contributed by atoms with E-state index in [1.165, 1.54) is 19.2 Å². The fourth-order valence-electron chi connectivity index (χ4n) is 3.49. The molecule has 3 aromatic carbocycles. The zero-order chi connectivity index (χ0) is 25.8. The molecule has 1 aliphatic rings. The van der Waals surface area contributed by atoms with E-state index < -0.39 is 16.9 Å². The molecular weight excluding hydrogens is 598 g/mol. The lowest BCUT2D eigenvalue weighted by Gasteiger charge is -2.14. The summed E-state index contributed by atoms with van der Waals surface area (Å²) in [6, 6.07) is 16.3. The predicted molar refractivity (Wildman–Crippen MR) is 139 cm³/mol. The highest BCUT2D eigenvalue weighted by atomic mass is 79.9. The largest absolute Gasteiger partial charge is 0.493 e. The Morgan fingerprint density at radius 3 is 2.33 bits per heavy atom. The first-order valence-electron chi connectivity index (χ1n) is 10.6. The maximum Gasteiger partial charge on any atom is 0.329 e. The molecule has 1 heterocycles. The van der Waals surface area contributed by atoms with Gasteiger partial charge in [-0.1, -0.05) is 28.1 Å². The molecule has 1 saturated heterocycles. The number of nitro benzene ring substituents is 1. The van der Waals surface area contributed by atoms with Gasteiger partial charge < -0.3 is 14.8 Å². The molecule has 1 N–H and O–H groups in total. The van der Waals surface area contributed by atoms with Crippen LogP contribution in [0.5, 0.6) is 11.5 Å². The molecule has 1 fully saturated rings. The number of imide groups is 1. The van der Waals surface area contributed by atoms with Gasteiger partial charge in [-0.15, -0.1) is 0 Å². The SMILES string of the molecule is COc1cc(/C=C2/NC(=O)N(Cc3ccc(Br)cc3)C2=O)cc(Br)c1OCc1ccc([N+](=O)[O-])cc1. The Kier molecular flexibility index (Phi) is 7.70. The van der Waals surface area contributed by atoms with E-state index in [0.29, 0.717) is 21.5 Å². The number of nitrogens with one attached hydrogen (secondary N) is 1. The van der Waals surface area contributed by atoms with Gasteiger partial charge in [-0.2, -0.15) is 0 Å². The van der Waals surface area contributed by atoms with Crippen molar-refractivity contribution in [2.24, 2.45) is 0 Å². The summed E-state index contributed by atoms with van der Waals surface area (Å²) >= 11 is 6.84. The summed E-state index contributed by atoms with van der Waals surface area (Å²) in [5.41, 5.74) is 2.31. The molecule has 1 aliphatic heterocycles. The van der Waals surface area contributed by atoms with Crippen LogP contribution in [0.25, 0.3) is 6.08 Å². The number of nitrogens with zero attached hydrogens (tertiary/aromatic N) is 2. The lowest BCUT2D eigenvalue weighted by molar-refractivity contribution is -0.384. The van der Waals surface area contributed by atoms with E-state index in [1.807, 2.05) is 24.3 Å². The van der Waals surface area contributed by atoms with Crippen molar-refractivity contribution in [1.82, 2.24) is 10.2 Å². The number of non-ortho nitro benzene ring substituents is 1. The zero-order valence-electron chi connectivity index (χ0n) is 18.9. The summed E-state index contributed by atoms with van der Waals surface area (Å²) in [6.07, 6.45) is 1.56. The van der Waals surface area contributed by atoms with E-state index in [0.717, 1.165) is 20.5 Å². The van der Waals surface area contributed by atoms with Crippen LogP contribution < -0.4 is 14.8 Å². The topological polar surface area (TPSA) is 111 Å². The molecule has 184 valence electrons. The van der Waals surface area contributed by atoms with E-state index in [1.54, 1.807) is 30.3 Å². The maximum atomic E-state index is 12.9. The molecule has 3 amide bonds. The van der Waals surface area contributed by atoms with Crippen LogP contribution in [0.15, 0.2) is 75.3 Å². The second-order valence-corrected chi connectivity index (χ2v) is 9.52. The van der Waals surface area contributed by atoms with Gasteiger partial charge in [0.15, 0.2) is 11.5 Å². The zero-order valence-corrected chi connectivity index (χ0v) is 22.0. The third kappa shape index (κ3) is 5.74. The molecule has 9 nitrogen and oxygen atoms in total. The Morgan fingerprint density at radius 1 is 1.03 bits per heavy atom. The number of rotatable bonds is 8. The number of halogens is 2. The Hall–Kier alpha value is -3.70. The van der Waals surface area contributed by atoms with Crippen LogP contribution in [-0.4, -0.2) is 28.9 Å². The first-order chi connectivity index (χ1) is 17.2. The van der Waals surface area contributed by atoms with Gasteiger partial charge in [-0.3, -0.25) is 19.8 Å². The fraction of sp³-hybridized carbons (Fsp3) is 0.120. The number of methoxy groups -OCH3 is 1. The van der Waals surface area contributed by atoms with Crippen molar-refractivity contribution in [3.05, 3.63) is 102 Å². The van der Waals surface area contributed by atoms with Crippen molar-refractivity contribution in [1.29, 1.82) is 0 Å². The van der Waals surface area contributed by atoms with Gasteiger partial charge >= 0.3 is 6.03 Å². The maximum absolute atomic E-state index is 12.9. The first-order valence-corrected chi connectivity index (χ1v) is 12.2. The number of amides is 3. The molecule has 11 heteroatoms. The van der Waals surface area contributed by atoms with E-state index in [4.69, 9.17) is 9.47 Å². The van der Waals surface area contributed by atoms with E-state index >= 15 is 0 Å². The molecule has 0 spiro atoms. The van der Waals surface area contributed by atoms with Crippen molar-refractivity contribution in [2.75, 3.05) is 7.11 Å². The Balaban J connectivity index is 1.50. The summed E-state index contributed by atoms with van der Waals surface area (Å²) in [4.78, 5) is 36.8. The molecule has 0 aliphatic carbocycles. The molecule has 0 unspecified atom stereocenters. The van der Waals surface area contributed by atoms with Crippen molar-refractivity contribution in [3.8, 4) is 11.5 Å². The quantitative estimate of drug-likeness (QED) is 0.148. The molecule has 0 aromatic heterocycles. The number of nitro groups is 1. The Bertz CT molecular complexity index is 1360. The average Bonchev–Trinajstić information content (AvgIpc) is 3.11. The van der Waals surface area contributed by atoms with Crippen LogP contribution in [0.2, 0.25) is 0 Å². The highest BCUT2D eigenvalue weighted by Gasteiger charge is 2.33. The van der Waals surface area contributed by atoms with Gasteiger partial charge in [0.05, 0.1) is 23.1 Å². The molecule has 0 radical (unpaired) electrons. The predicted octanol–water partition coefficient (Wildman–Crippen LogP) is 5.80. The van der Waals surface area contributed by atoms with Crippen LogP contribution >= 0.6 is 31.9 Å². The van der Waals surface area contributed by atoms with Crippen LogP contribution in [0.3, 0.4) is 0 Å². The number of ether oxygens (including phenoxy) is 2. The summed E-state index contributed by atoms with van der Waals surface area (Å²) in [5.74, 6) is 0.398. The first kappa shape index (κ1) is 25.4. The van der Waals surface area contributed by atoms with Gasteiger partial charge in [-0.05, 0) is 75.1 Å². The number of benzene rings is 3. The van der Waals surface area contributed by atoms with Crippen LogP contribution in [-0.2, 0) is 17.9 Å². The van der Waals surface area contributed by atoms with Crippen LogP contribution in [0.1, 0.15) is 16.7 Å². The smallest absolute Gasteiger partial charge is 0.329 e. The molecular formula is C25H19Br2N3O6. The minimum absolute atomic E-state index is 0.00106. The standard InChI is InChI=1S/C25H19Br2N3O6/c1-35-22-12-17(10-20(27)23(22)36-14-16-4-8-19(9-5-16)30(33)34)11-21-24(31)29(25(32)28-21)13-15-2-6-18(26)7-3-15/h2-12H,13-14H2,1H3,(H,28,32)/b21-11+. The Labute approximate surface area is 223 Å². The van der Waals surface area contributed by atoms with Gasteiger partial charge in [-0.25, -0.2) is 4.79 Å². The normalized spacial score (nSPS) is 14.2. The molecule has 36 heavy (non-hydrogen) atoms. The highest BCUT2D eigenvalue weighted by Crippen LogP contribution is 2.38. The molecule has 0 atom stereocenters. The van der Waals surface area contributed by atoms with Gasteiger partial charge in [0.1, 0.15) is 12.3 Å².